The van der Waals surface area contributed by atoms with Gasteiger partial charge in [0.1, 0.15) is 110 Å². The molecule has 430 valence electrons. The smallest absolute Gasteiger partial charge is 0.187 e. The number of hydrogen-bond acceptors (Lipinski definition) is 23. The molecular weight excluding hydrogens is 993 g/mol. The minimum Gasteiger partial charge on any atom is -0.491 e. The maximum Gasteiger partial charge on any atom is 0.187 e. The molecule has 13 N–H and O–H groups in total. The summed E-state index contributed by atoms with van der Waals surface area (Å²) in [5, 5.41) is 137. The van der Waals surface area contributed by atoms with Crippen LogP contribution < -0.4 is 0 Å². The van der Waals surface area contributed by atoms with Crippen LogP contribution in [0.25, 0.3) is 0 Å². The minimum absolute atomic E-state index is 0.00788. The molecule has 0 bridgehead atoms. The van der Waals surface area contributed by atoms with Gasteiger partial charge in [-0.1, -0.05) is 32.4 Å². The molecule has 0 aromatic carbocycles. The fraction of sp³-hybridized carbons (Fsp3) is 0.923. The van der Waals surface area contributed by atoms with E-state index in [2.05, 4.69) is 26.8 Å². The molecule has 9 rings (SSSR count). The van der Waals surface area contributed by atoms with Gasteiger partial charge in [0.2, 0.25) is 0 Å². The van der Waals surface area contributed by atoms with Crippen molar-refractivity contribution in [2.45, 2.75) is 227 Å². The summed E-state index contributed by atoms with van der Waals surface area (Å²) in [6.07, 6.45) is -22.7. The monoisotopic (exact) mass is 1080 g/mol. The lowest BCUT2D eigenvalue weighted by Gasteiger charge is -2.58. The van der Waals surface area contributed by atoms with Gasteiger partial charge in [-0.05, 0) is 105 Å². The molecule has 0 spiro atoms. The average Bonchev–Trinajstić information content (AvgIpc) is 3.89. The van der Waals surface area contributed by atoms with E-state index in [0.717, 1.165) is 37.9 Å². The largest absolute Gasteiger partial charge is 0.491 e. The second-order valence-electron chi connectivity index (χ2n) is 23.6. The van der Waals surface area contributed by atoms with Crippen molar-refractivity contribution >= 4 is 0 Å². The second-order valence-corrected chi connectivity index (χ2v) is 23.6. The number of hydrogen-bond donors (Lipinski definition) is 13. The first-order chi connectivity index (χ1) is 35.6. The fourth-order valence-electron chi connectivity index (χ4n) is 14.8. The predicted octanol–water partition coefficient (Wildman–Crippen LogP) is -2.43. The SMILES string of the molecule is COC(C[C@@H](C)CO[C@@H]1O[C@H](CO)[C@@H](O)[C@H](O)[C@H]1O)C1=C(C)[C@H]2[C@H](C[C@H]3[C@@H]4CC=C5C[C@@H](O[C@@H]6O[C@H](CO)[C@@H](O)[C@H](O[C@@H]7O[C@H](CO)[C@@H](O)[C@H](O)[C@H]7O)[C@H]6O[C@@H]6O[C@@H](C)[C@H](O)[C@@H](O)[C@H]6O)CC[C@]5(C)[C@H]4CC[C@@]32C)O1. The molecule has 30 atom stereocenters. The molecule has 9 aliphatic rings. The van der Waals surface area contributed by atoms with E-state index in [1.165, 1.54) is 18.1 Å². The van der Waals surface area contributed by atoms with E-state index < -0.39 is 149 Å². The van der Waals surface area contributed by atoms with Gasteiger partial charge in [0.25, 0.3) is 0 Å². The Labute approximate surface area is 436 Å². The van der Waals surface area contributed by atoms with Gasteiger partial charge in [-0.25, -0.2) is 0 Å². The highest BCUT2D eigenvalue weighted by Crippen LogP contribution is 2.69. The van der Waals surface area contributed by atoms with Gasteiger partial charge < -0.3 is 114 Å². The predicted molar refractivity (Wildman–Crippen MR) is 255 cm³/mol. The maximum atomic E-state index is 11.6. The molecule has 4 saturated heterocycles. The van der Waals surface area contributed by atoms with Crippen molar-refractivity contribution in [1.82, 2.24) is 0 Å². The molecule has 7 fully saturated rings. The van der Waals surface area contributed by atoms with Gasteiger partial charge in [-0.3, -0.25) is 0 Å². The molecule has 0 aromatic heterocycles. The molecule has 0 radical (unpaired) electrons. The van der Waals surface area contributed by atoms with Crippen molar-refractivity contribution < 1.29 is 114 Å². The Morgan fingerprint density at radius 1 is 0.653 bits per heavy atom. The summed E-state index contributed by atoms with van der Waals surface area (Å²) in [4.78, 5) is 0. The van der Waals surface area contributed by atoms with Crippen LogP contribution in [0.15, 0.2) is 23.0 Å². The van der Waals surface area contributed by atoms with Crippen LogP contribution in [0.3, 0.4) is 0 Å². The Hall–Kier alpha value is -1.60. The van der Waals surface area contributed by atoms with E-state index in [9.17, 15) is 66.4 Å². The van der Waals surface area contributed by atoms with Crippen LogP contribution >= 0.6 is 0 Å². The molecule has 5 heterocycles. The van der Waals surface area contributed by atoms with Gasteiger partial charge in [0, 0.05) is 13.0 Å². The van der Waals surface area contributed by atoms with Crippen LogP contribution in [0.1, 0.15) is 86.0 Å². The van der Waals surface area contributed by atoms with Crippen LogP contribution in [0.2, 0.25) is 0 Å². The minimum atomic E-state index is -1.88. The first kappa shape index (κ1) is 58.1. The van der Waals surface area contributed by atoms with Crippen molar-refractivity contribution in [3.05, 3.63) is 23.0 Å². The van der Waals surface area contributed by atoms with Gasteiger partial charge >= 0.3 is 0 Å². The highest BCUT2D eigenvalue weighted by Gasteiger charge is 2.65. The van der Waals surface area contributed by atoms with Crippen molar-refractivity contribution in [2.75, 3.05) is 33.5 Å². The van der Waals surface area contributed by atoms with Crippen molar-refractivity contribution in [3.63, 3.8) is 0 Å². The number of methoxy groups -OCH3 is 1. The normalized spacial score (nSPS) is 51.7. The zero-order chi connectivity index (χ0) is 54.2. The molecule has 4 aliphatic carbocycles. The summed E-state index contributed by atoms with van der Waals surface area (Å²) in [6.45, 7) is 8.54. The standard InChI is InChI=1S/C52H84O23/c1-20(19-67-47-41(63)39(61)35(57)30(16-53)71-47)13-29(66-6)44-21(2)33-28(70-44)15-27-25-8-7-23-14-24(9-11-51(23,4)26(25)10-12-52(27,33)5)69-50-46(75-48-42(64)38(60)34(56)22(3)68-48)45(37(59)32(18-55)73-50)74-49-43(65)40(62)36(58)31(17-54)72-49/h7,20,22,24-43,45-50,53-65H,8-19H2,1-6H3/t20-,22+,24+,25-,26+,27+,28+,29?,30-,31-,32-,33+,34+,35-,36-,37-,38-,39+,40+,41-,42-,43-,45+,46-,47-,48+,49+,50-,51+,52+/m1/s1. The summed E-state index contributed by atoms with van der Waals surface area (Å²) in [6, 6.07) is 0. The molecule has 23 nitrogen and oxygen atoms in total. The van der Waals surface area contributed by atoms with E-state index in [1.807, 2.05) is 6.92 Å². The molecule has 23 heteroatoms. The third-order valence-corrected chi connectivity index (χ3v) is 19.1. The number of aliphatic hydroxyl groups is 13. The number of fused-ring (bicyclic) bond motifs is 7. The summed E-state index contributed by atoms with van der Waals surface area (Å²) in [7, 11) is 1.66. The van der Waals surface area contributed by atoms with E-state index in [0.29, 0.717) is 37.0 Å². The first-order valence-electron chi connectivity index (χ1n) is 27.0. The van der Waals surface area contributed by atoms with E-state index in [4.69, 9.17) is 47.4 Å². The van der Waals surface area contributed by atoms with Gasteiger partial charge in [0.15, 0.2) is 25.2 Å². The van der Waals surface area contributed by atoms with Gasteiger partial charge in [-0.2, -0.15) is 0 Å². The topological polar surface area (TPSA) is 355 Å². The van der Waals surface area contributed by atoms with E-state index in [1.54, 1.807) is 7.11 Å². The summed E-state index contributed by atoms with van der Waals surface area (Å²) in [5.74, 6) is 2.16. The Morgan fingerprint density at radius 2 is 1.23 bits per heavy atom. The first-order valence-corrected chi connectivity index (χ1v) is 27.0. The highest BCUT2D eigenvalue weighted by atomic mass is 16.8. The second kappa shape index (κ2) is 23.1. The third kappa shape index (κ3) is 10.6. The van der Waals surface area contributed by atoms with E-state index >= 15 is 0 Å². The number of aliphatic hydroxyl groups excluding tert-OH is 13. The lowest BCUT2D eigenvalue weighted by molar-refractivity contribution is -0.394. The molecular formula is C52H84O23. The van der Waals surface area contributed by atoms with Gasteiger partial charge in [0.05, 0.1) is 38.6 Å². The average molecular weight is 1080 g/mol. The van der Waals surface area contributed by atoms with Crippen LogP contribution in [0.5, 0.6) is 0 Å². The van der Waals surface area contributed by atoms with Crippen molar-refractivity contribution in [1.29, 1.82) is 0 Å². The lowest BCUT2D eigenvalue weighted by atomic mass is 9.47. The molecule has 3 saturated carbocycles. The summed E-state index contributed by atoms with van der Waals surface area (Å²) < 4.78 is 61.2. The van der Waals surface area contributed by atoms with Crippen molar-refractivity contribution in [3.8, 4) is 0 Å². The number of rotatable bonds is 16. The maximum absolute atomic E-state index is 11.6. The molecule has 0 aromatic rings. The lowest BCUT2D eigenvalue weighted by Crippen LogP contribution is -2.67. The summed E-state index contributed by atoms with van der Waals surface area (Å²) in [5.41, 5.74) is 2.28. The van der Waals surface area contributed by atoms with E-state index in [-0.39, 0.29) is 41.5 Å². The summed E-state index contributed by atoms with van der Waals surface area (Å²) >= 11 is 0. The fourth-order valence-corrected chi connectivity index (χ4v) is 14.8. The zero-order valence-electron chi connectivity index (χ0n) is 43.6. The highest BCUT2D eigenvalue weighted by molar-refractivity contribution is 5.31. The third-order valence-electron chi connectivity index (χ3n) is 19.1. The van der Waals surface area contributed by atoms with Crippen LogP contribution in [0.4, 0.5) is 0 Å². The van der Waals surface area contributed by atoms with Gasteiger partial charge in [-0.15, -0.1) is 0 Å². The van der Waals surface area contributed by atoms with Crippen LogP contribution in [-0.2, 0) is 47.4 Å². The molecule has 0 amide bonds. The molecule has 5 aliphatic heterocycles. The Balaban J connectivity index is 0.883. The quantitative estimate of drug-likeness (QED) is 0.0715. The van der Waals surface area contributed by atoms with Crippen LogP contribution in [0, 0.1) is 40.4 Å². The Morgan fingerprint density at radius 3 is 1.87 bits per heavy atom. The zero-order valence-corrected chi connectivity index (χ0v) is 43.6. The number of ether oxygens (including phenoxy) is 10. The van der Waals surface area contributed by atoms with Crippen molar-refractivity contribution in [2.24, 2.45) is 40.4 Å². The molecule has 1 unspecified atom stereocenters. The molecule has 75 heavy (non-hydrogen) atoms. The van der Waals surface area contributed by atoms with Crippen LogP contribution in [-0.4, -0.2) is 241 Å². The number of allylic oxidation sites excluding steroid dienone is 1. The Bertz CT molecular complexity index is 1990. The Kier molecular flexibility index (Phi) is 17.9.